The van der Waals surface area contributed by atoms with Crippen LogP contribution < -0.4 is 5.73 Å². The molecule has 74 valence electrons. The van der Waals surface area contributed by atoms with E-state index < -0.39 is 4.92 Å². The zero-order chi connectivity index (χ0) is 10.9. The number of halogens is 1. The van der Waals surface area contributed by atoms with Gasteiger partial charge in [-0.25, -0.2) is 0 Å². The normalized spacial score (nSPS) is 9.86. The predicted molar refractivity (Wildman–Crippen MR) is 60.2 cm³/mol. The van der Waals surface area contributed by atoms with Crippen LogP contribution in [0, 0.1) is 13.7 Å². The molecule has 0 saturated heterocycles. The molecule has 0 atom stereocenters. The lowest BCUT2D eigenvalue weighted by atomic mass is 10.1. The lowest BCUT2D eigenvalue weighted by Crippen LogP contribution is -2.03. The minimum absolute atomic E-state index is 0.0550. The molecule has 0 aliphatic rings. The van der Waals surface area contributed by atoms with Gasteiger partial charge in [-0.1, -0.05) is 0 Å². The molecule has 0 aliphatic heterocycles. The SMILES string of the molecule is CC(=O)c1cc(N)cc(I)c1[N+](=O)[O-]. The summed E-state index contributed by atoms with van der Waals surface area (Å²) < 4.78 is 0.373. The Hall–Kier alpha value is -1.18. The average molecular weight is 306 g/mol. The number of anilines is 1. The molecule has 1 aromatic carbocycles. The van der Waals surface area contributed by atoms with Gasteiger partial charge in [-0.2, -0.15) is 0 Å². The fourth-order valence-corrected chi connectivity index (χ4v) is 1.92. The summed E-state index contributed by atoms with van der Waals surface area (Å²) in [5.41, 5.74) is 5.72. The summed E-state index contributed by atoms with van der Waals surface area (Å²) >= 11 is 1.79. The highest BCUT2D eigenvalue weighted by Crippen LogP contribution is 2.28. The van der Waals surface area contributed by atoms with Gasteiger partial charge in [0.05, 0.1) is 14.1 Å². The van der Waals surface area contributed by atoms with Gasteiger partial charge < -0.3 is 5.73 Å². The topological polar surface area (TPSA) is 86.2 Å². The second-order valence-electron chi connectivity index (χ2n) is 2.71. The number of hydrogen-bond donors (Lipinski definition) is 1. The molecule has 6 heteroatoms. The number of nitro groups is 1. The number of nitrogens with two attached hydrogens (primary N) is 1. The van der Waals surface area contributed by atoms with Crippen molar-refractivity contribution in [1.82, 2.24) is 0 Å². The zero-order valence-electron chi connectivity index (χ0n) is 7.28. The summed E-state index contributed by atoms with van der Waals surface area (Å²) in [6, 6.07) is 2.79. The van der Waals surface area contributed by atoms with Crippen LogP contribution in [0.25, 0.3) is 0 Å². The molecule has 0 aromatic heterocycles. The van der Waals surface area contributed by atoms with Crippen LogP contribution in [0.1, 0.15) is 17.3 Å². The number of ketones is 1. The van der Waals surface area contributed by atoms with Gasteiger partial charge in [0.1, 0.15) is 0 Å². The zero-order valence-corrected chi connectivity index (χ0v) is 9.44. The van der Waals surface area contributed by atoms with E-state index in [-0.39, 0.29) is 17.0 Å². The number of rotatable bonds is 2. The summed E-state index contributed by atoms with van der Waals surface area (Å²) in [7, 11) is 0. The second-order valence-corrected chi connectivity index (χ2v) is 3.87. The summed E-state index contributed by atoms with van der Waals surface area (Å²) in [6.45, 7) is 1.28. The molecule has 1 aromatic rings. The lowest BCUT2D eigenvalue weighted by molar-refractivity contribution is -0.386. The van der Waals surface area contributed by atoms with E-state index in [1.54, 1.807) is 22.6 Å². The van der Waals surface area contributed by atoms with Crippen molar-refractivity contribution in [1.29, 1.82) is 0 Å². The van der Waals surface area contributed by atoms with Crippen LogP contribution in [0.2, 0.25) is 0 Å². The van der Waals surface area contributed by atoms with Crippen molar-refractivity contribution >= 4 is 39.7 Å². The molecule has 0 aliphatic carbocycles. The Morgan fingerprint density at radius 2 is 2.14 bits per heavy atom. The lowest BCUT2D eigenvalue weighted by Gasteiger charge is -2.02. The highest BCUT2D eigenvalue weighted by atomic mass is 127. The summed E-state index contributed by atoms with van der Waals surface area (Å²) in [5.74, 6) is -0.359. The average Bonchev–Trinajstić information content (AvgIpc) is 2.01. The van der Waals surface area contributed by atoms with Crippen molar-refractivity contribution in [3.8, 4) is 0 Å². The third-order valence-electron chi connectivity index (χ3n) is 1.65. The van der Waals surface area contributed by atoms with Crippen molar-refractivity contribution < 1.29 is 9.72 Å². The molecular weight excluding hydrogens is 299 g/mol. The van der Waals surface area contributed by atoms with Crippen LogP contribution in [-0.4, -0.2) is 10.7 Å². The van der Waals surface area contributed by atoms with Gasteiger partial charge >= 0.3 is 0 Å². The van der Waals surface area contributed by atoms with Crippen molar-refractivity contribution in [2.75, 3.05) is 5.73 Å². The number of nitro benzene ring substituents is 1. The standard InChI is InChI=1S/C8H7IN2O3/c1-4(12)6-2-5(10)3-7(9)8(6)11(13)14/h2-3H,10H2,1H3. The van der Waals surface area contributed by atoms with Crippen molar-refractivity contribution in [3.05, 3.63) is 31.4 Å². The first-order valence-electron chi connectivity index (χ1n) is 3.68. The van der Waals surface area contributed by atoms with E-state index in [1.807, 2.05) is 0 Å². The van der Waals surface area contributed by atoms with Gasteiger partial charge in [-0.15, -0.1) is 0 Å². The van der Waals surface area contributed by atoms with E-state index in [2.05, 4.69) is 0 Å². The maximum Gasteiger partial charge on any atom is 0.293 e. The minimum Gasteiger partial charge on any atom is -0.399 e. The number of carbonyl (C=O) groups excluding carboxylic acids is 1. The summed E-state index contributed by atoms with van der Waals surface area (Å²) in [4.78, 5) is 21.2. The molecular formula is C8H7IN2O3. The number of nitrogen functional groups attached to an aromatic ring is 1. The first-order chi connectivity index (χ1) is 6.43. The van der Waals surface area contributed by atoms with Crippen LogP contribution in [0.15, 0.2) is 12.1 Å². The van der Waals surface area contributed by atoms with Crippen LogP contribution in [0.3, 0.4) is 0 Å². The summed E-state index contributed by atoms with van der Waals surface area (Å²) in [5, 5.41) is 10.7. The Kier molecular flexibility index (Phi) is 3.04. The Balaban J connectivity index is 3.52. The smallest absolute Gasteiger partial charge is 0.293 e. The fraction of sp³-hybridized carbons (Fsp3) is 0.125. The van der Waals surface area contributed by atoms with E-state index >= 15 is 0 Å². The largest absolute Gasteiger partial charge is 0.399 e. The summed E-state index contributed by atoms with van der Waals surface area (Å²) in [6.07, 6.45) is 0. The molecule has 2 N–H and O–H groups in total. The molecule has 0 heterocycles. The Morgan fingerprint density at radius 1 is 1.57 bits per heavy atom. The molecule has 0 saturated carbocycles. The molecule has 14 heavy (non-hydrogen) atoms. The Labute approximate surface area is 93.6 Å². The van der Waals surface area contributed by atoms with Crippen molar-refractivity contribution in [3.63, 3.8) is 0 Å². The van der Waals surface area contributed by atoms with Gasteiger partial charge in [0.25, 0.3) is 5.69 Å². The fourth-order valence-electron chi connectivity index (χ4n) is 1.07. The second kappa shape index (κ2) is 3.91. The number of Topliss-reactive ketones (excluding diaryl/α,β-unsaturated/α-hetero) is 1. The quantitative estimate of drug-likeness (QED) is 0.298. The molecule has 0 bridgehead atoms. The van der Waals surface area contributed by atoms with E-state index in [0.717, 1.165) is 0 Å². The molecule has 0 amide bonds. The van der Waals surface area contributed by atoms with E-state index in [9.17, 15) is 14.9 Å². The van der Waals surface area contributed by atoms with Crippen molar-refractivity contribution in [2.24, 2.45) is 0 Å². The molecule has 0 radical (unpaired) electrons. The van der Waals surface area contributed by atoms with Crippen LogP contribution in [0.5, 0.6) is 0 Å². The van der Waals surface area contributed by atoms with Gasteiger partial charge in [-0.05, 0) is 41.6 Å². The van der Waals surface area contributed by atoms with Crippen LogP contribution >= 0.6 is 22.6 Å². The molecule has 5 nitrogen and oxygen atoms in total. The van der Waals surface area contributed by atoms with E-state index in [1.165, 1.54) is 19.1 Å². The van der Waals surface area contributed by atoms with Crippen LogP contribution in [-0.2, 0) is 0 Å². The number of nitrogens with zero attached hydrogens (tertiary/aromatic N) is 1. The molecule has 0 spiro atoms. The third-order valence-corrected chi connectivity index (χ3v) is 2.47. The van der Waals surface area contributed by atoms with E-state index in [4.69, 9.17) is 5.73 Å². The van der Waals surface area contributed by atoms with Crippen molar-refractivity contribution in [2.45, 2.75) is 6.92 Å². The maximum absolute atomic E-state index is 11.1. The van der Waals surface area contributed by atoms with Crippen LogP contribution in [0.4, 0.5) is 11.4 Å². The first-order valence-corrected chi connectivity index (χ1v) is 4.75. The Bertz CT molecular complexity index is 417. The monoisotopic (exact) mass is 306 g/mol. The first kappa shape index (κ1) is 10.9. The number of carbonyl (C=O) groups is 1. The third kappa shape index (κ3) is 2.00. The van der Waals surface area contributed by atoms with Gasteiger partial charge in [0, 0.05) is 5.69 Å². The van der Waals surface area contributed by atoms with E-state index in [0.29, 0.717) is 9.26 Å². The molecule has 0 fully saturated rings. The number of benzene rings is 1. The number of hydrogen-bond acceptors (Lipinski definition) is 4. The van der Waals surface area contributed by atoms with Gasteiger partial charge in [0.2, 0.25) is 0 Å². The minimum atomic E-state index is -0.571. The predicted octanol–water partition coefficient (Wildman–Crippen LogP) is 1.98. The maximum atomic E-state index is 11.1. The Morgan fingerprint density at radius 3 is 2.57 bits per heavy atom. The van der Waals surface area contributed by atoms with Gasteiger partial charge in [-0.3, -0.25) is 14.9 Å². The molecule has 0 unspecified atom stereocenters. The highest BCUT2D eigenvalue weighted by molar-refractivity contribution is 14.1. The van der Waals surface area contributed by atoms with Gasteiger partial charge in [0.15, 0.2) is 5.78 Å². The molecule has 1 rings (SSSR count). The highest BCUT2D eigenvalue weighted by Gasteiger charge is 2.21.